The summed E-state index contributed by atoms with van der Waals surface area (Å²) in [6, 6.07) is 4.97. The Kier molecular flexibility index (Phi) is 7.16. The monoisotopic (exact) mass is 350 g/mol. The topological polar surface area (TPSA) is 0 Å². The van der Waals surface area contributed by atoms with Crippen LogP contribution in [0.15, 0.2) is 83.8 Å². The Balaban J connectivity index is 3.05. The molecule has 0 aliphatic heterocycles. The lowest BCUT2D eigenvalue weighted by atomic mass is 10.00. The van der Waals surface area contributed by atoms with Gasteiger partial charge in [-0.1, -0.05) is 54.7 Å². The molecule has 4 heteroatoms. The number of rotatable bonds is 6. The smallest absolute Gasteiger partial charge is 0.206 e. The van der Waals surface area contributed by atoms with Crippen molar-refractivity contribution in [2.24, 2.45) is 0 Å². The van der Waals surface area contributed by atoms with Gasteiger partial charge in [0.05, 0.1) is 5.56 Å². The number of alkyl halides is 3. The molecule has 0 aliphatic carbocycles. The second-order valence-corrected chi connectivity index (χ2v) is 5.94. The van der Waals surface area contributed by atoms with Crippen molar-refractivity contribution in [3.8, 4) is 0 Å². The molecule has 0 saturated heterocycles. The van der Waals surface area contributed by atoms with Crippen LogP contribution in [0.1, 0.15) is 31.9 Å². The molecule has 0 N–H and O–H groups in total. The molecule has 134 valence electrons. The number of hydrogen-bond acceptors (Lipinski definition) is 0. The Hall–Kier alpha value is -2.36. The predicted molar refractivity (Wildman–Crippen MR) is 95.8 cm³/mol. The van der Waals surface area contributed by atoms with Crippen molar-refractivity contribution in [3.63, 3.8) is 0 Å². The molecule has 1 aromatic carbocycles. The molecule has 0 aliphatic rings. The number of halogens is 4. The van der Waals surface area contributed by atoms with Crippen molar-refractivity contribution in [2.75, 3.05) is 0 Å². The van der Waals surface area contributed by atoms with Crippen LogP contribution in [-0.4, -0.2) is 0 Å². The largest absolute Gasteiger partial charge is 0.416 e. The average molecular weight is 350 g/mol. The highest BCUT2D eigenvalue weighted by molar-refractivity contribution is 5.46. The van der Waals surface area contributed by atoms with Crippen LogP contribution in [0.5, 0.6) is 0 Å². The fraction of sp³-hybridized carbons (Fsp3) is 0.238. The second kappa shape index (κ2) is 8.65. The lowest BCUT2D eigenvalue weighted by molar-refractivity contribution is -0.137. The first-order valence-corrected chi connectivity index (χ1v) is 7.75. The van der Waals surface area contributed by atoms with Crippen LogP contribution in [0.3, 0.4) is 0 Å². The zero-order valence-electron chi connectivity index (χ0n) is 14.7. The number of hydrogen-bond donors (Lipinski definition) is 0. The van der Waals surface area contributed by atoms with Gasteiger partial charge in [-0.3, -0.25) is 0 Å². The lowest BCUT2D eigenvalue weighted by Crippen LogP contribution is -2.04. The van der Waals surface area contributed by atoms with Gasteiger partial charge in [0.2, 0.25) is 0 Å². The van der Waals surface area contributed by atoms with Crippen molar-refractivity contribution in [1.29, 1.82) is 0 Å². The maximum atomic E-state index is 14.5. The molecule has 0 bridgehead atoms. The molecule has 0 amide bonds. The van der Waals surface area contributed by atoms with Crippen molar-refractivity contribution in [2.45, 2.75) is 33.4 Å². The SMILES string of the molecule is C=C/C=C(\C=C(\C)Cc1ccc(C(F)(F)F)cc1)C(/F)=C(/C)C(=C)C. The van der Waals surface area contributed by atoms with E-state index in [1.165, 1.54) is 18.2 Å². The first-order chi connectivity index (χ1) is 11.6. The Labute approximate surface area is 146 Å². The van der Waals surface area contributed by atoms with Crippen molar-refractivity contribution in [3.05, 3.63) is 94.9 Å². The summed E-state index contributed by atoms with van der Waals surface area (Å²) < 4.78 is 52.3. The van der Waals surface area contributed by atoms with Crippen LogP contribution >= 0.6 is 0 Å². The van der Waals surface area contributed by atoms with Gasteiger partial charge in [-0.25, -0.2) is 4.39 Å². The Bertz CT molecular complexity index is 726. The fourth-order valence-electron chi connectivity index (χ4n) is 2.17. The summed E-state index contributed by atoms with van der Waals surface area (Å²) in [5, 5.41) is 0. The highest BCUT2D eigenvalue weighted by Crippen LogP contribution is 2.29. The molecule has 0 saturated carbocycles. The van der Waals surface area contributed by atoms with E-state index < -0.39 is 11.7 Å². The molecule has 1 rings (SSSR count). The van der Waals surface area contributed by atoms with Gasteiger partial charge in [-0.2, -0.15) is 13.2 Å². The molecule has 0 aromatic heterocycles. The molecule has 0 radical (unpaired) electrons. The molecule has 0 unspecified atom stereocenters. The molecule has 0 fully saturated rings. The summed E-state index contributed by atoms with van der Waals surface area (Å²) >= 11 is 0. The van der Waals surface area contributed by atoms with E-state index in [0.29, 0.717) is 23.1 Å². The standard InChI is InChI=1S/C21H22F4/c1-6-7-18(20(22)16(5)14(2)3)13-15(4)12-17-8-10-19(11-9-17)21(23,24)25/h6-11,13H,1-2,12H2,3-5H3/b15-13-,18-7+,20-16+. The van der Waals surface area contributed by atoms with Gasteiger partial charge in [0.15, 0.2) is 0 Å². The van der Waals surface area contributed by atoms with E-state index in [-0.39, 0.29) is 5.83 Å². The summed E-state index contributed by atoms with van der Waals surface area (Å²) in [6.45, 7) is 12.5. The fourth-order valence-corrected chi connectivity index (χ4v) is 2.17. The molecule has 0 atom stereocenters. The molecule has 0 nitrogen and oxygen atoms in total. The predicted octanol–water partition coefficient (Wildman–Crippen LogP) is 7.13. The van der Waals surface area contributed by atoms with Crippen LogP contribution in [0.25, 0.3) is 0 Å². The highest BCUT2D eigenvalue weighted by atomic mass is 19.4. The second-order valence-electron chi connectivity index (χ2n) is 5.94. The number of benzene rings is 1. The summed E-state index contributed by atoms with van der Waals surface area (Å²) in [5.41, 5.74) is 2.29. The number of allylic oxidation sites excluding steroid dienone is 8. The molecule has 25 heavy (non-hydrogen) atoms. The zero-order chi connectivity index (χ0) is 19.2. The van der Waals surface area contributed by atoms with Gasteiger partial charge < -0.3 is 0 Å². The molecule has 1 aromatic rings. The third-order valence-corrected chi connectivity index (χ3v) is 3.69. The van der Waals surface area contributed by atoms with E-state index in [1.54, 1.807) is 32.9 Å². The summed E-state index contributed by atoms with van der Waals surface area (Å²) in [4.78, 5) is 0. The Morgan fingerprint density at radius 1 is 1.08 bits per heavy atom. The van der Waals surface area contributed by atoms with Gasteiger partial charge >= 0.3 is 6.18 Å². The Morgan fingerprint density at radius 2 is 1.64 bits per heavy atom. The summed E-state index contributed by atoms with van der Waals surface area (Å²) in [7, 11) is 0. The van der Waals surface area contributed by atoms with Crippen LogP contribution in [0.4, 0.5) is 17.6 Å². The van der Waals surface area contributed by atoms with E-state index in [4.69, 9.17) is 0 Å². The van der Waals surface area contributed by atoms with Gasteiger partial charge in [0.1, 0.15) is 5.83 Å². The zero-order valence-corrected chi connectivity index (χ0v) is 14.7. The third-order valence-electron chi connectivity index (χ3n) is 3.69. The minimum Gasteiger partial charge on any atom is -0.206 e. The minimum atomic E-state index is -4.35. The Morgan fingerprint density at radius 3 is 2.08 bits per heavy atom. The van der Waals surface area contributed by atoms with E-state index in [1.807, 2.05) is 0 Å². The van der Waals surface area contributed by atoms with E-state index in [2.05, 4.69) is 13.2 Å². The molecule has 0 heterocycles. The first kappa shape index (κ1) is 20.7. The quantitative estimate of drug-likeness (QED) is 0.378. The van der Waals surface area contributed by atoms with Crippen LogP contribution in [0.2, 0.25) is 0 Å². The maximum Gasteiger partial charge on any atom is 0.416 e. The normalized spacial score (nSPS) is 14.2. The van der Waals surface area contributed by atoms with Crippen molar-refractivity contribution < 1.29 is 17.6 Å². The highest BCUT2D eigenvalue weighted by Gasteiger charge is 2.29. The van der Waals surface area contributed by atoms with Gasteiger partial charge in [0.25, 0.3) is 0 Å². The van der Waals surface area contributed by atoms with E-state index >= 15 is 0 Å². The van der Waals surface area contributed by atoms with Crippen LogP contribution < -0.4 is 0 Å². The van der Waals surface area contributed by atoms with Gasteiger partial charge in [-0.15, -0.1) is 0 Å². The lowest BCUT2D eigenvalue weighted by Gasteiger charge is -2.09. The minimum absolute atomic E-state index is 0.361. The summed E-state index contributed by atoms with van der Waals surface area (Å²) in [6.07, 6.45) is 0.783. The molecular weight excluding hydrogens is 328 g/mol. The van der Waals surface area contributed by atoms with Crippen molar-refractivity contribution in [1.82, 2.24) is 0 Å². The molecular formula is C21H22F4. The van der Waals surface area contributed by atoms with Crippen LogP contribution in [-0.2, 0) is 12.6 Å². The van der Waals surface area contributed by atoms with Crippen LogP contribution in [0, 0.1) is 0 Å². The van der Waals surface area contributed by atoms with E-state index in [0.717, 1.165) is 23.3 Å². The summed E-state index contributed by atoms with van der Waals surface area (Å²) in [5.74, 6) is -0.390. The first-order valence-electron chi connectivity index (χ1n) is 7.75. The van der Waals surface area contributed by atoms with Gasteiger partial charge in [0, 0.05) is 5.57 Å². The van der Waals surface area contributed by atoms with E-state index in [9.17, 15) is 17.6 Å². The average Bonchev–Trinajstić information content (AvgIpc) is 2.52. The van der Waals surface area contributed by atoms with Gasteiger partial charge in [-0.05, 0) is 50.5 Å². The maximum absolute atomic E-state index is 14.5. The molecule has 0 spiro atoms. The van der Waals surface area contributed by atoms with Crippen molar-refractivity contribution >= 4 is 0 Å². The third kappa shape index (κ3) is 6.22.